The second-order valence-electron chi connectivity index (χ2n) is 6.39. The first-order valence-corrected chi connectivity index (χ1v) is 8.79. The highest BCUT2D eigenvalue weighted by molar-refractivity contribution is 5.92. The van der Waals surface area contributed by atoms with Crippen LogP contribution in [0.5, 0.6) is 0 Å². The molecule has 5 heteroatoms. The molecule has 2 rings (SSSR count). The SMILES string of the molecule is COC(=O)C(C)CN(C(=O)/C=C/c1ccc(F)cc1)C(C)c1ccccc1. The van der Waals surface area contributed by atoms with Gasteiger partial charge in [-0.25, -0.2) is 4.39 Å². The summed E-state index contributed by atoms with van der Waals surface area (Å²) < 4.78 is 17.8. The van der Waals surface area contributed by atoms with E-state index in [0.29, 0.717) is 0 Å². The lowest BCUT2D eigenvalue weighted by Gasteiger charge is -2.30. The van der Waals surface area contributed by atoms with Gasteiger partial charge in [0.25, 0.3) is 0 Å². The highest BCUT2D eigenvalue weighted by Gasteiger charge is 2.25. The molecule has 0 aliphatic rings. The van der Waals surface area contributed by atoms with Gasteiger partial charge in [0.1, 0.15) is 5.82 Å². The first kappa shape index (κ1) is 20.4. The number of amides is 1. The Hall–Kier alpha value is -2.95. The minimum atomic E-state index is -0.454. The van der Waals surface area contributed by atoms with E-state index in [1.54, 1.807) is 30.0 Å². The van der Waals surface area contributed by atoms with Crippen molar-refractivity contribution in [1.82, 2.24) is 4.90 Å². The van der Waals surface area contributed by atoms with Crippen molar-refractivity contribution in [3.63, 3.8) is 0 Å². The molecule has 0 N–H and O–H groups in total. The average molecular weight is 369 g/mol. The van der Waals surface area contributed by atoms with Gasteiger partial charge < -0.3 is 9.64 Å². The Morgan fingerprint density at radius 1 is 1.07 bits per heavy atom. The van der Waals surface area contributed by atoms with Crippen LogP contribution in [0.15, 0.2) is 60.7 Å². The van der Waals surface area contributed by atoms with E-state index in [1.807, 2.05) is 37.3 Å². The number of methoxy groups -OCH3 is 1. The van der Waals surface area contributed by atoms with Crippen LogP contribution in [0.25, 0.3) is 6.08 Å². The summed E-state index contributed by atoms with van der Waals surface area (Å²) in [6.45, 7) is 3.88. The van der Waals surface area contributed by atoms with Crippen molar-refractivity contribution in [2.75, 3.05) is 13.7 Å². The molecule has 0 saturated carbocycles. The average Bonchev–Trinajstić information content (AvgIpc) is 2.70. The van der Waals surface area contributed by atoms with E-state index >= 15 is 0 Å². The van der Waals surface area contributed by atoms with Crippen LogP contribution in [0.3, 0.4) is 0 Å². The Balaban J connectivity index is 2.23. The van der Waals surface area contributed by atoms with Crippen molar-refractivity contribution >= 4 is 18.0 Å². The van der Waals surface area contributed by atoms with E-state index < -0.39 is 5.92 Å². The van der Waals surface area contributed by atoms with E-state index in [0.717, 1.165) is 11.1 Å². The van der Waals surface area contributed by atoms with Crippen LogP contribution in [-0.2, 0) is 14.3 Å². The molecule has 2 aromatic carbocycles. The fourth-order valence-electron chi connectivity index (χ4n) is 2.76. The smallest absolute Gasteiger partial charge is 0.310 e. The number of nitrogens with zero attached hydrogens (tertiary/aromatic N) is 1. The monoisotopic (exact) mass is 369 g/mol. The number of carbonyl (C=O) groups excluding carboxylic acids is 2. The molecule has 142 valence electrons. The number of hydrogen-bond donors (Lipinski definition) is 0. The summed E-state index contributed by atoms with van der Waals surface area (Å²) in [4.78, 5) is 26.3. The van der Waals surface area contributed by atoms with Gasteiger partial charge in [0.2, 0.25) is 5.91 Å². The van der Waals surface area contributed by atoms with Crippen LogP contribution in [0.1, 0.15) is 31.0 Å². The van der Waals surface area contributed by atoms with Gasteiger partial charge in [0, 0.05) is 12.6 Å². The molecule has 1 amide bonds. The largest absolute Gasteiger partial charge is 0.469 e. The van der Waals surface area contributed by atoms with Crippen molar-refractivity contribution in [3.05, 3.63) is 77.6 Å². The molecular weight excluding hydrogens is 345 g/mol. The first-order valence-electron chi connectivity index (χ1n) is 8.79. The van der Waals surface area contributed by atoms with E-state index in [4.69, 9.17) is 4.74 Å². The van der Waals surface area contributed by atoms with Gasteiger partial charge in [-0.05, 0) is 36.3 Å². The van der Waals surface area contributed by atoms with Crippen LogP contribution in [0.2, 0.25) is 0 Å². The summed E-state index contributed by atoms with van der Waals surface area (Å²) in [5.41, 5.74) is 1.69. The number of benzene rings is 2. The number of esters is 1. The molecule has 2 atom stereocenters. The van der Waals surface area contributed by atoms with Gasteiger partial charge in [-0.15, -0.1) is 0 Å². The number of rotatable bonds is 7. The second-order valence-corrected chi connectivity index (χ2v) is 6.39. The Kier molecular flexibility index (Phi) is 7.29. The molecule has 0 fully saturated rings. The Bertz CT molecular complexity index is 787. The highest BCUT2D eigenvalue weighted by atomic mass is 19.1. The number of hydrogen-bond acceptors (Lipinski definition) is 3. The first-order chi connectivity index (χ1) is 12.9. The fraction of sp³-hybridized carbons (Fsp3) is 0.273. The zero-order valence-electron chi connectivity index (χ0n) is 15.8. The van der Waals surface area contributed by atoms with Gasteiger partial charge in [-0.2, -0.15) is 0 Å². The summed E-state index contributed by atoms with van der Waals surface area (Å²) in [6.07, 6.45) is 3.08. The fourth-order valence-corrected chi connectivity index (χ4v) is 2.76. The lowest BCUT2D eigenvalue weighted by molar-refractivity contribution is -0.146. The molecular formula is C22H24FNO3. The molecule has 0 heterocycles. The Labute approximate surface area is 159 Å². The normalized spacial score (nSPS) is 13.2. The standard InChI is InChI=1S/C22H24FNO3/c1-16(22(26)27-3)15-24(17(2)19-7-5-4-6-8-19)21(25)14-11-18-9-12-20(23)13-10-18/h4-14,16-17H,15H2,1-3H3/b14-11+. The topological polar surface area (TPSA) is 46.6 Å². The minimum Gasteiger partial charge on any atom is -0.469 e. The van der Waals surface area contributed by atoms with Gasteiger partial charge in [0.05, 0.1) is 19.1 Å². The van der Waals surface area contributed by atoms with Crippen molar-refractivity contribution in [2.45, 2.75) is 19.9 Å². The van der Waals surface area contributed by atoms with E-state index in [1.165, 1.54) is 25.3 Å². The predicted octanol–water partition coefficient (Wildman–Crippen LogP) is 4.24. The van der Waals surface area contributed by atoms with Crippen LogP contribution in [0, 0.1) is 11.7 Å². The van der Waals surface area contributed by atoms with Gasteiger partial charge in [-0.3, -0.25) is 9.59 Å². The van der Waals surface area contributed by atoms with Crippen molar-refractivity contribution in [1.29, 1.82) is 0 Å². The molecule has 0 radical (unpaired) electrons. The Morgan fingerprint density at radius 2 is 1.70 bits per heavy atom. The minimum absolute atomic E-state index is 0.219. The Morgan fingerprint density at radius 3 is 2.30 bits per heavy atom. The molecule has 0 aliphatic heterocycles. The highest BCUT2D eigenvalue weighted by Crippen LogP contribution is 2.22. The molecule has 2 aromatic rings. The van der Waals surface area contributed by atoms with Gasteiger partial charge in [-0.1, -0.05) is 49.4 Å². The summed E-state index contributed by atoms with van der Waals surface area (Å²) >= 11 is 0. The third-order valence-corrected chi connectivity index (χ3v) is 4.40. The third-order valence-electron chi connectivity index (χ3n) is 4.40. The summed E-state index contributed by atoms with van der Waals surface area (Å²) in [7, 11) is 1.33. The van der Waals surface area contributed by atoms with Gasteiger partial charge in [0.15, 0.2) is 0 Å². The summed E-state index contributed by atoms with van der Waals surface area (Å²) in [5, 5.41) is 0. The van der Waals surface area contributed by atoms with Crippen molar-refractivity contribution < 1.29 is 18.7 Å². The molecule has 0 spiro atoms. The van der Waals surface area contributed by atoms with Crippen molar-refractivity contribution in [3.8, 4) is 0 Å². The zero-order valence-corrected chi connectivity index (χ0v) is 15.8. The molecule has 27 heavy (non-hydrogen) atoms. The van der Waals surface area contributed by atoms with Crippen molar-refractivity contribution in [2.24, 2.45) is 5.92 Å². The molecule has 0 saturated heterocycles. The summed E-state index contributed by atoms with van der Waals surface area (Å²) in [5.74, 6) is -1.38. The van der Waals surface area contributed by atoms with Crippen LogP contribution < -0.4 is 0 Å². The lowest BCUT2D eigenvalue weighted by atomic mass is 10.0. The van der Waals surface area contributed by atoms with E-state index in [9.17, 15) is 14.0 Å². The number of halogens is 1. The maximum Gasteiger partial charge on any atom is 0.310 e. The predicted molar refractivity (Wildman–Crippen MR) is 103 cm³/mol. The third kappa shape index (κ3) is 5.78. The lowest BCUT2D eigenvalue weighted by Crippen LogP contribution is -2.38. The molecule has 0 aromatic heterocycles. The maximum atomic E-state index is 13.0. The molecule has 0 bridgehead atoms. The maximum absolute atomic E-state index is 13.0. The quantitative estimate of drug-likeness (QED) is 0.542. The van der Waals surface area contributed by atoms with Crippen LogP contribution in [-0.4, -0.2) is 30.4 Å². The van der Waals surface area contributed by atoms with Gasteiger partial charge >= 0.3 is 5.97 Å². The van der Waals surface area contributed by atoms with E-state index in [-0.39, 0.29) is 30.3 Å². The second kappa shape index (κ2) is 9.67. The van der Waals surface area contributed by atoms with Crippen LogP contribution in [0.4, 0.5) is 4.39 Å². The number of carbonyl (C=O) groups is 2. The summed E-state index contributed by atoms with van der Waals surface area (Å²) in [6, 6.07) is 15.3. The molecule has 2 unspecified atom stereocenters. The van der Waals surface area contributed by atoms with E-state index in [2.05, 4.69) is 0 Å². The molecule has 4 nitrogen and oxygen atoms in total. The van der Waals surface area contributed by atoms with Crippen LogP contribution >= 0.6 is 0 Å². The zero-order chi connectivity index (χ0) is 19.8. The molecule has 0 aliphatic carbocycles. The number of ether oxygens (including phenoxy) is 1.